The molecule has 1 rings (SSSR count). The summed E-state index contributed by atoms with van der Waals surface area (Å²) in [5.41, 5.74) is -4.93. The lowest BCUT2D eigenvalue weighted by Crippen LogP contribution is -2.41. The van der Waals surface area contributed by atoms with E-state index in [2.05, 4.69) is 0 Å². The number of hydrogen-bond acceptors (Lipinski definition) is 4. The molecule has 0 aliphatic rings. The van der Waals surface area contributed by atoms with Crippen molar-refractivity contribution in [1.82, 2.24) is 0 Å². The van der Waals surface area contributed by atoms with E-state index in [1.165, 1.54) is 13.8 Å². The van der Waals surface area contributed by atoms with Crippen LogP contribution in [0, 0.1) is 5.92 Å². The monoisotopic (exact) mass is 338 g/mol. The molecule has 0 aromatic heterocycles. The molecule has 1 aromatic rings. The normalized spacial score (nSPS) is 13.9. The van der Waals surface area contributed by atoms with Gasteiger partial charge in [0.05, 0.1) is 0 Å². The summed E-state index contributed by atoms with van der Waals surface area (Å²) >= 11 is 0. The Bertz CT molecular complexity index is 594. The number of carbonyl (C=O) groups excluding carboxylic acids is 1. The van der Waals surface area contributed by atoms with Crippen molar-refractivity contribution in [3.05, 3.63) is 35.9 Å². The number of rotatable bonds is 6. The highest BCUT2D eigenvalue weighted by molar-refractivity contribution is 7.93. The average Bonchev–Trinajstić information content (AvgIpc) is 2.41. The molecule has 0 radical (unpaired) electrons. The molecule has 0 aliphatic carbocycles. The van der Waals surface area contributed by atoms with E-state index in [9.17, 15) is 26.4 Å². The van der Waals surface area contributed by atoms with Gasteiger partial charge in [0, 0.05) is 0 Å². The van der Waals surface area contributed by atoms with Crippen molar-refractivity contribution in [1.29, 1.82) is 0 Å². The predicted molar refractivity (Wildman–Crippen MR) is 74.5 cm³/mol. The molecular formula is C14H17F3O4S. The van der Waals surface area contributed by atoms with Crippen molar-refractivity contribution < 1.29 is 31.1 Å². The highest BCUT2D eigenvalue weighted by Crippen LogP contribution is 2.30. The van der Waals surface area contributed by atoms with Crippen LogP contribution < -0.4 is 0 Å². The fraction of sp³-hybridized carbons (Fsp3) is 0.500. The number of benzene rings is 1. The molecule has 124 valence electrons. The first kappa shape index (κ1) is 18.5. The zero-order valence-electron chi connectivity index (χ0n) is 12.1. The second kappa shape index (κ2) is 7.13. The molecular weight excluding hydrogens is 321 g/mol. The second-order valence-corrected chi connectivity index (χ2v) is 7.32. The van der Waals surface area contributed by atoms with E-state index in [0.29, 0.717) is 5.56 Å². The molecule has 0 saturated carbocycles. The number of esters is 1. The fourth-order valence-electron chi connectivity index (χ4n) is 1.76. The van der Waals surface area contributed by atoms with Crippen molar-refractivity contribution in [3.8, 4) is 0 Å². The first-order valence-electron chi connectivity index (χ1n) is 6.56. The third kappa shape index (κ3) is 4.72. The van der Waals surface area contributed by atoms with Crippen LogP contribution >= 0.6 is 0 Å². The Morgan fingerprint density at radius 3 is 2.18 bits per heavy atom. The summed E-state index contributed by atoms with van der Waals surface area (Å²) in [6, 6.07) is 8.29. The van der Waals surface area contributed by atoms with Crippen molar-refractivity contribution >= 4 is 15.8 Å². The van der Waals surface area contributed by atoms with Gasteiger partial charge >= 0.3 is 11.5 Å². The summed E-state index contributed by atoms with van der Waals surface area (Å²) in [6.07, 6.45) is -0.449. The molecule has 0 aliphatic heterocycles. The molecule has 0 unspecified atom stereocenters. The molecule has 0 saturated heterocycles. The van der Waals surface area contributed by atoms with Crippen LogP contribution in [0.2, 0.25) is 0 Å². The van der Waals surface area contributed by atoms with E-state index in [-0.39, 0.29) is 6.61 Å². The van der Waals surface area contributed by atoms with E-state index < -0.39 is 38.9 Å². The van der Waals surface area contributed by atoms with Crippen molar-refractivity contribution in [3.63, 3.8) is 0 Å². The molecule has 22 heavy (non-hydrogen) atoms. The van der Waals surface area contributed by atoms with Crippen LogP contribution in [0.25, 0.3) is 0 Å². The number of alkyl halides is 3. The first-order valence-corrected chi connectivity index (χ1v) is 8.11. The molecule has 0 amide bonds. The van der Waals surface area contributed by atoms with Gasteiger partial charge in [-0.3, -0.25) is 4.79 Å². The summed E-state index contributed by atoms with van der Waals surface area (Å²) < 4.78 is 65.8. The largest absolute Gasteiger partial charge is 0.498 e. The summed E-state index contributed by atoms with van der Waals surface area (Å²) in [5, 5.41) is -2.24. The molecule has 1 atom stereocenters. The maximum atomic E-state index is 12.7. The summed E-state index contributed by atoms with van der Waals surface area (Å²) in [6.45, 7) is 2.79. The van der Waals surface area contributed by atoms with Crippen LogP contribution in [0.4, 0.5) is 13.2 Å². The zero-order chi connectivity index (χ0) is 17.0. The summed E-state index contributed by atoms with van der Waals surface area (Å²) in [7, 11) is -5.61. The van der Waals surface area contributed by atoms with Gasteiger partial charge < -0.3 is 4.74 Å². The van der Waals surface area contributed by atoms with Gasteiger partial charge in [0.2, 0.25) is 0 Å². The maximum absolute atomic E-state index is 12.7. The lowest BCUT2D eigenvalue weighted by molar-refractivity contribution is -0.145. The van der Waals surface area contributed by atoms with Crippen LogP contribution in [-0.2, 0) is 26.0 Å². The van der Waals surface area contributed by atoms with Crippen LogP contribution in [-0.4, -0.2) is 25.1 Å². The maximum Gasteiger partial charge on any atom is 0.498 e. The SMILES string of the molecule is CC(C)C[C@H](C(=O)OCc1ccccc1)S(=O)(=O)C(F)(F)F. The number of ether oxygens (including phenoxy) is 1. The Labute approximate surface area is 127 Å². The van der Waals surface area contributed by atoms with Crippen LogP contribution in [0.3, 0.4) is 0 Å². The standard InChI is InChI=1S/C14H17F3O4S/c1-10(2)8-12(22(19,20)14(15,16)17)13(18)21-9-11-6-4-3-5-7-11/h3-7,10,12H,8-9H2,1-2H3/t12-/m1/s1. The smallest absolute Gasteiger partial charge is 0.460 e. The van der Waals surface area contributed by atoms with Gasteiger partial charge in [0.1, 0.15) is 6.61 Å². The minimum Gasteiger partial charge on any atom is -0.460 e. The Hall–Kier alpha value is -1.57. The molecule has 0 bridgehead atoms. The van der Waals surface area contributed by atoms with Crippen molar-refractivity contribution in [2.75, 3.05) is 0 Å². The third-order valence-electron chi connectivity index (χ3n) is 2.87. The van der Waals surface area contributed by atoms with E-state index in [1.807, 2.05) is 0 Å². The number of carbonyl (C=O) groups is 1. The Balaban J connectivity index is 2.90. The lowest BCUT2D eigenvalue weighted by atomic mass is 10.1. The average molecular weight is 338 g/mol. The third-order valence-corrected chi connectivity index (χ3v) is 4.65. The molecule has 0 spiro atoms. The van der Waals surface area contributed by atoms with E-state index in [1.54, 1.807) is 30.3 Å². The topological polar surface area (TPSA) is 60.4 Å². The molecule has 8 heteroatoms. The van der Waals surface area contributed by atoms with Gasteiger partial charge in [0.15, 0.2) is 5.25 Å². The van der Waals surface area contributed by atoms with E-state index in [0.717, 1.165) is 0 Å². The fourth-order valence-corrected chi connectivity index (χ4v) is 3.04. The molecule has 1 aromatic carbocycles. The van der Waals surface area contributed by atoms with Gasteiger partial charge in [-0.05, 0) is 17.9 Å². The van der Waals surface area contributed by atoms with Crippen molar-refractivity contribution in [2.45, 2.75) is 37.6 Å². The molecule has 0 fully saturated rings. The minimum absolute atomic E-state index is 0.276. The molecule has 0 heterocycles. The van der Waals surface area contributed by atoms with Crippen LogP contribution in [0.5, 0.6) is 0 Å². The Kier molecular flexibility index (Phi) is 5.99. The molecule has 0 N–H and O–H groups in total. The number of hydrogen-bond donors (Lipinski definition) is 0. The number of halogens is 3. The summed E-state index contributed by atoms with van der Waals surface area (Å²) in [4.78, 5) is 11.8. The highest BCUT2D eigenvalue weighted by atomic mass is 32.2. The summed E-state index contributed by atoms with van der Waals surface area (Å²) in [5.74, 6) is -1.79. The lowest BCUT2D eigenvalue weighted by Gasteiger charge is -2.19. The predicted octanol–water partition coefficient (Wildman–Crippen LogP) is 3.08. The second-order valence-electron chi connectivity index (χ2n) is 5.20. The van der Waals surface area contributed by atoms with Crippen LogP contribution in [0.15, 0.2) is 30.3 Å². The van der Waals surface area contributed by atoms with Crippen LogP contribution in [0.1, 0.15) is 25.8 Å². The van der Waals surface area contributed by atoms with Gasteiger partial charge in [-0.15, -0.1) is 0 Å². The zero-order valence-corrected chi connectivity index (χ0v) is 12.9. The highest BCUT2D eigenvalue weighted by Gasteiger charge is 2.53. The van der Waals surface area contributed by atoms with Gasteiger partial charge in [0.25, 0.3) is 9.84 Å². The quantitative estimate of drug-likeness (QED) is 0.748. The van der Waals surface area contributed by atoms with Gasteiger partial charge in [-0.25, -0.2) is 8.42 Å². The first-order chi connectivity index (χ1) is 10.1. The van der Waals surface area contributed by atoms with Gasteiger partial charge in [-0.1, -0.05) is 44.2 Å². The molecule has 4 nitrogen and oxygen atoms in total. The Morgan fingerprint density at radius 1 is 1.18 bits per heavy atom. The van der Waals surface area contributed by atoms with E-state index in [4.69, 9.17) is 4.74 Å². The van der Waals surface area contributed by atoms with Crippen molar-refractivity contribution in [2.24, 2.45) is 5.92 Å². The van der Waals surface area contributed by atoms with Gasteiger partial charge in [-0.2, -0.15) is 13.2 Å². The number of sulfone groups is 1. The van der Waals surface area contributed by atoms with E-state index >= 15 is 0 Å². The Morgan fingerprint density at radius 2 is 1.73 bits per heavy atom. The minimum atomic E-state index is -5.61.